The van der Waals surface area contributed by atoms with Gasteiger partial charge in [0.05, 0.1) is 12.5 Å². The topological polar surface area (TPSA) is 84.4 Å². The van der Waals surface area contributed by atoms with E-state index in [0.29, 0.717) is 31.3 Å². The van der Waals surface area contributed by atoms with Crippen LogP contribution in [0.25, 0.3) is 0 Å². The number of ether oxygens (including phenoxy) is 1. The van der Waals surface area contributed by atoms with Crippen molar-refractivity contribution in [3.05, 3.63) is 5.01 Å². The fraction of sp³-hybridized carbons (Fsp3) is 0.733. The number of carbonyl (C=O) groups excluding carboxylic acids is 2. The summed E-state index contributed by atoms with van der Waals surface area (Å²) >= 11 is 1.34. The van der Waals surface area contributed by atoms with Crippen LogP contribution >= 0.6 is 11.3 Å². The molecular formula is C15H24N4O3S. The Morgan fingerprint density at radius 3 is 2.78 bits per heavy atom. The highest BCUT2D eigenvalue weighted by molar-refractivity contribution is 7.15. The number of carbonyl (C=O) groups is 2. The van der Waals surface area contributed by atoms with Gasteiger partial charge in [0.25, 0.3) is 0 Å². The summed E-state index contributed by atoms with van der Waals surface area (Å²) < 4.78 is 5.27. The molecule has 1 saturated heterocycles. The molecule has 0 aromatic carbocycles. The largest absolute Gasteiger partial charge is 0.381 e. The van der Waals surface area contributed by atoms with Crippen LogP contribution in [-0.4, -0.2) is 52.2 Å². The second-order valence-electron chi connectivity index (χ2n) is 6.51. The number of likely N-dealkylation sites (tertiary alicyclic amines) is 1. The molecule has 7 nitrogen and oxygen atoms in total. The summed E-state index contributed by atoms with van der Waals surface area (Å²) in [6.45, 7) is 9.57. The molecule has 1 atom stereocenters. The molecule has 1 aromatic rings. The number of hydrogen-bond acceptors (Lipinski definition) is 6. The highest BCUT2D eigenvalue weighted by atomic mass is 32.1. The summed E-state index contributed by atoms with van der Waals surface area (Å²) in [5, 5.41) is 12.1. The molecule has 1 aliphatic rings. The standard InChI is InChI=1S/C15H24N4O3S/c1-5-22-7-6-11-17-18-14(23-11)16-13(21)10-8-12(20)19(9-10)15(2,3)4/h10H,5-9H2,1-4H3,(H,16,18,21)/t10-/m0/s1. The van der Waals surface area contributed by atoms with Gasteiger partial charge in [0.15, 0.2) is 0 Å². The molecule has 0 aliphatic carbocycles. The molecule has 8 heteroatoms. The van der Waals surface area contributed by atoms with Crippen molar-refractivity contribution in [3.63, 3.8) is 0 Å². The molecule has 1 N–H and O–H groups in total. The van der Waals surface area contributed by atoms with Crippen molar-refractivity contribution in [2.24, 2.45) is 5.92 Å². The van der Waals surface area contributed by atoms with Crippen molar-refractivity contribution in [2.45, 2.75) is 46.1 Å². The van der Waals surface area contributed by atoms with Gasteiger partial charge in [-0.1, -0.05) is 11.3 Å². The third-order valence-electron chi connectivity index (χ3n) is 3.67. The first kappa shape index (κ1) is 17.8. The minimum atomic E-state index is -0.336. The van der Waals surface area contributed by atoms with Crippen LogP contribution in [0.2, 0.25) is 0 Å². The Labute approximate surface area is 140 Å². The first-order valence-electron chi connectivity index (χ1n) is 7.82. The van der Waals surface area contributed by atoms with Gasteiger partial charge in [-0.05, 0) is 27.7 Å². The van der Waals surface area contributed by atoms with Gasteiger partial charge >= 0.3 is 0 Å². The third kappa shape index (κ3) is 4.71. The van der Waals surface area contributed by atoms with Crippen molar-refractivity contribution in [2.75, 3.05) is 25.1 Å². The molecule has 0 radical (unpaired) electrons. The van der Waals surface area contributed by atoms with Crippen LogP contribution < -0.4 is 5.32 Å². The van der Waals surface area contributed by atoms with Crippen molar-refractivity contribution in [1.29, 1.82) is 0 Å². The fourth-order valence-corrected chi connectivity index (χ4v) is 3.17. The Morgan fingerprint density at radius 2 is 2.17 bits per heavy atom. The molecular weight excluding hydrogens is 316 g/mol. The molecule has 0 bridgehead atoms. The molecule has 0 spiro atoms. The summed E-state index contributed by atoms with van der Waals surface area (Å²) in [6, 6.07) is 0. The van der Waals surface area contributed by atoms with E-state index in [0.717, 1.165) is 5.01 Å². The van der Waals surface area contributed by atoms with Crippen LogP contribution in [0.15, 0.2) is 0 Å². The lowest BCUT2D eigenvalue weighted by Crippen LogP contribution is -2.42. The Balaban J connectivity index is 1.89. The number of aromatic nitrogens is 2. The quantitative estimate of drug-likeness (QED) is 0.797. The van der Waals surface area contributed by atoms with Crippen LogP contribution in [0.5, 0.6) is 0 Å². The SMILES string of the molecule is CCOCCc1nnc(NC(=O)[C@H]2CC(=O)N(C(C)(C)C)C2)s1. The van der Waals surface area contributed by atoms with Gasteiger partial charge in [0.2, 0.25) is 16.9 Å². The zero-order valence-electron chi connectivity index (χ0n) is 14.1. The van der Waals surface area contributed by atoms with Crippen LogP contribution in [-0.2, 0) is 20.7 Å². The number of amides is 2. The van der Waals surface area contributed by atoms with Crippen molar-refractivity contribution < 1.29 is 14.3 Å². The first-order chi connectivity index (χ1) is 10.8. The smallest absolute Gasteiger partial charge is 0.231 e. The van der Waals surface area contributed by atoms with E-state index in [1.807, 2.05) is 27.7 Å². The number of hydrogen-bond donors (Lipinski definition) is 1. The molecule has 0 unspecified atom stereocenters. The van der Waals surface area contributed by atoms with Gasteiger partial charge < -0.3 is 15.0 Å². The zero-order chi connectivity index (χ0) is 17.0. The fourth-order valence-electron chi connectivity index (χ4n) is 2.45. The molecule has 1 fully saturated rings. The summed E-state index contributed by atoms with van der Waals surface area (Å²) in [4.78, 5) is 26.1. The number of nitrogens with zero attached hydrogens (tertiary/aromatic N) is 3. The van der Waals surface area contributed by atoms with Crippen LogP contribution in [0.3, 0.4) is 0 Å². The van der Waals surface area contributed by atoms with Gasteiger partial charge in [-0.3, -0.25) is 9.59 Å². The van der Waals surface area contributed by atoms with Gasteiger partial charge in [0, 0.05) is 31.5 Å². The van der Waals surface area contributed by atoms with Crippen molar-refractivity contribution in [1.82, 2.24) is 15.1 Å². The second kappa shape index (κ2) is 7.35. The minimum Gasteiger partial charge on any atom is -0.381 e. The number of anilines is 1. The van der Waals surface area contributed by atoms with E-state index in [1.54, 1.807) is 4.90 Å². The molecule has 2 rings (SSSR count). The third-order valence-corrected chi connectivity index (χ3v) is 4.57. The minimum absolute atomic E-state index is 0.0207. The first-order valence-corrected chi connectivity index (χ1v) is 8.64. The Kier molecular flexibility index (Phi) is 5.69. The van der Waals surface area contributed by atoms with Gasteiger partial charge in [-0.25, -0.2) is 0 Å². The number of nitrogens with one attached hydrogen (secondary N) is 1. The zero-order valence-corrected chi connectivity index (χ0v) is 14.9. The van der Waals surface area contributed by atoms with E-state index in [9.17, 15) is 9.59 Å². The molecule has 1 aliphatic heterocycles. The highest BCUT2D eigenvalue weighted by Crippen LogP contribution is 2.27. The lowest BCUT2D eigenvalue weighted by atomic mass is 10.1. The molecule has 23 heavy (non-hydrogen) atoms. The Morgan fingerprint density at radius 1 is 1.43 bits per heavy atom. The van der Waals surface area contributed by atoms with Crippen molar-refractivity contribution >= 4 is 28.3 Å². The Bertz CT molecular complexity index is 567. The normalized spacial score (nSPS) is 18.5. The predicted octanol–water partition coefficient (Wildman–Crippen LogP) is 1.70. The maximum atomic E-state index is 12.3. The molecule has 1 aromatic heterocycles. The monoisotopic (exact) mass is 340 g/mol. The summed E-state index contributed by atoms with van der Waals surface area (Å²) in [5.74, 6) is -0.484. The predicted molar refractivity (Wildman–Crippen MR) is 88.3 cm³/mol. The average molecular weight is 340 g/mol. The highest BCUT2D eigenvalue weighted by Gasteiger charge is 2.39. The molecule has 0 saturated carbocycles. The van der Waals surface area contributed by atoms with Crippen molar-refractivity contribution in [3.8, 4) is 0 Å². The molecule has 128 valence electrons. The van der Waals surface area contributed by atoms with E-state index >= 15 is 0 Å². The maximum absolute atomic E-state index is 12.3. The summed E-state index contributed by atoms with van der Waals surface area (Å²) in [6.07, 6.45) is 0.931. The van der Waals surface area contributed by atoms with E-state index in [-0.39, 0.29) is 29.7 Å². The van der Waals surface area contributed by atoms with E-state index in [4.69, 9.17) is 4.74 Å². The van der Waals surface area contributed by atoms with Gasteiger partial charge in [-0.2, -0.15) is 0 Å². The number of rotatable bonds is 6. The van der Waals surface area contributed by atoms with Crippen LogP contribution in [0, 0.1) is 5.92 Å². The summed E-state index contributed by atoms with van der Waals surface area (Å²) in [5.41, 5.74) is -0.263. The van der Waals surface area contributed by atoms with Crippen LogP contribution in [0.4, 0.5) is 5.13 Å². The lowest BCUT2D eigenvalue weighted by Gasteiger charge is -2.31. The molecule has 2 heterocycles. The average Bonchev–Trinajstić information content (AvgIpc) is 3.05. The maximum Gasteiger partial charge on any atom is 0.231 e. The van der Waals surface area contributed by atoms with Gasteiger partial charge in [-0.15, -0.1) is 10.2 Å². The second-order valence-corrected chi connectivity index (χ2v) is 7.58. The van der Waals surface area contributed by atoms with Gasteiger partial charge in [0.1, 0.15) is 5.01 Å². The van der Waals surface area contributed by atoms with E-state index in [2.05, 4.69) is 15.5 Å². The van der Waals surface area contributed by atoms with Crippen LogP contribution in [0.1, 0.15) is 39.1 Å². The Hall–Kier alpha value is -1.54. The lowest BCUT2D eigenvalue weighted by molar-refractivity contribution is -0.131. The summed E-state index contributed by atoms with van der Waals surface area (Å²) in [7, 11) is 0. The molecule has 2 amide bonds. The van der Waals surface area contributed by atoms with E-state index in [1.165, 1.54) is 11.3 Å². The van der Waals surface area contributed by atoms with E-state index < -0.39 is 0 Å².